The van der Waals surface area contributed by atoms with Crippen LogP contribution in [0, 0.1) is 0 Å². The Morgan fingerprint density at radius 2 is 2.31 bits per heavy atom. The molecule has 0 aliphatic heterocycles. The minimum Gasteiger partial charge on any atom is -0.474 e. The summed E-state index contributed by atoms with van der Waals surface area (Å²) in [7, 11) is 0. The van der Waals surface area contributed by atoms with E-state index in [0.29, 0.717) is 35.6 Å². The minimum absolute atomic E-state index is 0.323. The Hall–Kier alpha value is -2.08. The van der Waals surface area contributed by atoms with Crippen molar-refractivity contribution in [2.45, 2.75) is 0 Å². The van der Waals surface area contributed by atoms with E-state index in [9.17, 15) is 4.79 Å². The first-order valence-electron chi connectivity index (χ1n) is 4.74. The topological polar surface area (TPSA) is 104 Å². The summed E-state index contributed by atoms with van der Waals surface area (Å²) in [6.45, 7) is 0.715. The van der Waals surface area contributed by atoms with Crippen LogP contribution in [0.15, 0.2) is 22.7 Å². The van der Waals surface area contributed by atoms with Gasteiger partial charge in [0.25, 0.3) is 5.88 Å². The van der Waals surface area contributed by atoms with Gasteiger partial charge in [-0.05, 0) is 23.4 Å². The summed E-state index contributed by atoms with van der Waals surface area (Å²) < 4.78 is 10.3. The normalized spacial score (nSPS) is 10.6. The van der Waals surface area contributed by atoms with Gasteiger partial charge >= 0.3 is 0 Å². The third kappa shape index (κ3) is 1.82. The van der Waals surface area contributed by atoms with Gasteiger partial charge in [-0.1, -0.05) is 0 Å². The highest BCUT2D eigenvalue weighted by molar-refractivity contribution is 5.97. The molecule has 1 heterocycles. The Labute approximate surface area is 91.1 Å². The fourth-order valence-corrected chi connectivity index (χ4v) is 1.33. The second-order valence-corrected chi connectivity index (χ2v) is 3.20. The summed E-state index contributed by atoms with van der Waals surface area (Å²) in [5, 5.41) is 4.34. The Morgan fingerprint density at radius 3 is 3.00 bits per heavy atom. The number of primary amides is 1. The Kier molecular flexibility index (Phi) is 2.74. The summed E-state index contributed by atoms with van der Waals surface area (Å²) >= 11 is 0. The number of benzene rings is 1. The Balaban J connectivity index is 2.43. The zero-order chi connectivity index (χ0) is 11.5. The van der Waals surface area contributed by atoms with Crippen LogP contribution < -0.4 is 16.2 Å². The molecule has 0 aliphatic rings. The van der Waals surface area contributed by atoms with E-state index < -0.39 is 5.91 Å². The van der Waals surface area contributed by atoms with Gasteiger partial charge in [-0.2, -0.15) is 0 Å². The molecule has 1 amide bonds. The van der Waals surface area contributed by atoms with Gasteiger partial charge in [0, 0.05) is 12.1 Å². The first kappa shape index (κ1) is 10.4. The van der Waals surface area contributed by atoms with Crippen molar-refractivity contribution < 1.29 is 14.1 Å². The first-order valence-corrected chi connectivity index (χ1v) is 4.74. The molecule has 0 bridgehead atoms. The highest BCUT2D eigenvalue weighted by Crippen LogP contribution is 2.25. The Morgan fingerprint density at radius 1 is 1.50 bits per heavy atom. The second-order valence-electron chi connectivity index (χ2n) is 3.20. The fourth-order valence-electron chi connectivity index (χ4n) is 1.33. The summed E-state index contributed by atoms with van der Waals surface area (Å²) in [4.78, 5) is 11.0. The van der Waals surface area contributed by atoms with Crippen LogP contribution in [0.2, 0.25) is 0 Å². The monoisotopic (exact) mass is 221 g/mol. The molecule has 0 spiro atoms. The number of carbonyl (C=O) groups is 1. The predicted octanol–water partition coefficient (Wildman–Crippen LogP) is 0.264. The van der Waals surface area contributed by atoms with Crippen LogP contribution in [0.5, 0.6) is 5.88 Å². The summed E-state index contributed by atoms with van der Waals surface area (Å²) in [6.07, 6.45) is 0. The lowest BCUT2D eigenvalue weighted by molar-refractivity contribution is 0.100. The van der Waals surface area contributed by atoms with E-state index in [0.717, 1.165) is 0 Å². The van der Waals surface area contributed by atoms with Crippen molar-refractivity contribution >= 4 is 16.9 Å². The van der Waals surface area contributed by atoms with Crippen molar-refractivity contribution in [2.24, 2.45) is 11.5 Å². The van der Waals surface area contributed by atoms with Crippen molar-refractivity contribution in [3.63, 3.8) is 0 Å². The zero-order valence-electron chi connectivity index (χ0n) is 8.47. The number of amides is 1. The number of nitrogens with two attached hydrogens (primary N) is 2. The molecule has 0 unspecified atom stereocenters. The van der Waals surface area contributed by atoms with E-state index in [4.69, 9.17) is 20.7 Å². The predicted molar refractivity (Wildman–Crippen MR) is 57.1 cm³/mol. The number of hydrogen-bond donors (Lipinski definition) is 2. The quantitative estimate of drug-likeness (QED) is 0.770. The number of fused-ring (bicyclic) bond motifs is 1. The molecule has 1 aromatic heterocycles. The summed E-state index contributed by atoms with van der Waals surface area (Å²) in [6, 6.07) is 4.78. The van der Waals surface area contributed by atoms with Crippen LogP contribution in [-0.4, -0.2) is 24.2 Å². The maximum atomic E-state index is 11.0. The molecular weight excluding hydrogens is 210 g/mol. The van der Waals surface area contributed by atoms with Gasteiger partial charge in [-0.15, -0.1) is 0 Å². The van der Waals surface area contributed by atoms with Gasteiger partial charge < -0.3 is 20.7 Å². The molecule has 2 rings (SSSR count). The molecule has 6 heteroatoms. The summed E-state index contributed by atoms with van der Waals surface area (Å²) in [5.41, 5.74) is 11.4. The average Bonchev–Trinajstić information content (AvgIpc) is 2.68. The lowest BCUT2D eigenvalue weighted by atomic mass is 10.1. The van der Waals surface area contributed by atoms with Crippen LogP contribution in [0.4, 0.5) is 0 Å². The van der Waals surface area contributed by atoms with E-state index in [-0.39, 0.29) is 0 Å². The van der Waals surface area contributed by atoms with Gasteiger partial charge in [-0.25, -0.2) is 0 Å². The highest BCUT2D eigenvalue weighted by atomic mass is 16.5. The van der Waals surface area contributed by atoms with E-state index in [1.54, 1.807) is 18.2 Å². The molecule has 0 radical (unpaired) electrons. The van der Waals surface area contributed by atoms with Crippen molar-refractivity contribution in [3.8, 4) is 5.88 Å². The maximum Gasteiger partial charge on any atom is 0.262 e. The van der Waals surface area contributed by atoms with Gasteiger partial charge in [0.15, 0.2) is 5.58 Å². The first-order chi connectivity index (χ1) is 7.72. The molecule has 1 aromatic carbocycles. The van der Waals surface area contributed by atoms with Crippen molar-refractivity contribution in [1.82, 2.24) is 5.16 Å². The maximum absolute atomic E-state index is 11.0. The summed E-state index contributed by atoms with van der Waals surface area (Å²) in [5.74, 6) is -0.184. The fraction of sp³-hybridized carbons (Fsp3) is 0.200. The van der Waals surface area contributed by atoms with E-state index in [1.165, 1.54) is 0 Å². The molecule has 0 fully saturated rings. The molecule has 84 valence electrons. The zero-order valence-corrected chi connectivity index (χ0v) is 8.47. The van der Waals surface area contributed by atoms with Gasteiger partial charge in [0.05, 0.1) is 5.39 Å². The SMILES string of the molecule is NCCOc1noc2ccc(C(N)=O)cc12. The molecule has 0 atom stereocenters. The molecular formula is C10H11N3O3. The van der Waals surface area contributed by atoms with Gasteiger partial charge in [-0.3, -0.25) is 4.79 Å². The van der Waals surface area contributed by atoms with Crippen molar-refractivity contribution in [3.05, 3.63) is 23.8 Å². The lowest BCUT2D eigenvalue weighted by Crippen LogP contribution is -2.11. The molecule has 0 saturated heterocycles. The highest BCUT2D eigenvalue weighted by Gasteiger charge is 2.11. The second kappa shape index (κ2) is 4.19. The molecule has 16 heavy (non-hydrogen) atoms. The van der Waals surface area contributed by atoms with Gasteiger partial charge in [0.1, 0.15) is 6.61 Å². The molecule has 2 aromatic rings. The number of hydrogen-bond acceptors (Lipinski definition) is 5. The van der Waals surface area contributed by atoms with Crippen LogP contribution >= 0.6 is 0 Å². The standard InChI is InChI=1S/C10H11N3O3/c11-3-4-15-10-7-5-6(9(12)14)1-2-8(7)16-13-10/h1-2,5H,3-4,11H2,(H2,12,14). The van der Waals surface area contributed by atoms with Crippen LogP contribution in [0.3, 0.4) is 0 Å². The van der Waals surface area contributed by atoms with Crippen molar-refractivity contribution in [2.75, 3.05) is 13.2 Å². The van der Waals surface area contributed by atoms with E-state index in [1.807, 2.05) is 0 Å². The third-order valence-corrected chi connectivity index (χ3v) is 2.08. The number of nitrogens with zero attached hydrogens (tertiary/aromatic N) is 1. The Bertz CT molecular complexity index is 521. The number of rotatable bonds is 4. The van der Waals surface area contributed by atoms with Crippen LogP contribution in [0.25, 0.3) is 11.0 Å². The van der Waals surface area contributed by atoms with Crippen LogP contribution in [-0.2, 0) is 0 Å². The molecule has 0 aliphatic carbocycles. The molecule has 6 nitrogen and oxygen atoms in total. The smallest absolute Gasteiger partial charge is 0.262 e. The van der Waals surface area contributed by atoms with E-state index >= 15 is 0 Å². The van der Waals surface area contributed by atoms with Gasteiger partial charge in [0.2, 0.25) is 5.91 Å². The van der Waals surface area contributed by atoms with E-state index in [2.05, 4.69) is 5.16 Å². The number of aromatic nitrogens is 1. The third-order valence-electron chi connectivity index (χ3n) is 2.08. The van der Waals surface area contributed by atoms with Crippen LogP contribution in [0.1, 0.15) is 10.4 Å². The average molecular weight is 221 g/mol. The lowest BCUT2D eigenvalue weighted by Gasteiger charge is -1.99. The number of carbonyl (C=O) groups excluding carboxylic acids is 1. The van der Waals surface area contributed by atoms with Crippen molar-refractivity contribution in [1.29, 1.82) is 0 Å². The molecule has 0 saturated carbocycles. The number of ether oxygens (including phenoxy) is 1. The largest absolute Gasteiger partial charge is 0.474 e. The minimum atomic E-state index is -0.507. The molecule has 4 N–H and O–H groups in total.